The third-order valence-corrected chi connectivity index (χ3v) is 4.63. The van der Waals surface area contributed by atoms with Gasteiger partial charge >= 0.3 is 24.2 Å². The number of benzene rings is 2. The number of carbonyl (C=O) groups is 4. The number of rotatable bonds is 13. The van der Waals surface area contributed by atoms with Crippen LogP contribution < -0.4 is 0 Å². The van der Waals surface area contributed by atoms with E-state index < -0.39 is 24.2 Å². The van der Waals surface area contributed by atoms with Crippen molar-refractivity contribution in [1.29, 1.82) is 0 Å². The molecule has 0 atom stereocenters. The predicted molar refractivity (Wildman–Crippen MR) is 119 cm³/mol. The van der Waals surface area contributed by atoms with Gasteiger partial charge in [0.1, 0.15) is 0 Å². The van der Waals surface area contributed by atoms with E-state index in [0.717, 1.165) is 0 Å². The van der Waals surface area contributed by atoms with Crippen molar-refractivity contribution in [1.82, 2.24) is 0 Å². The van der Waals surface area contributed by atoms with Crippen LogP contribution in [0.2, 0.25) is 0 Å². The van der Waals surface area contributed by atoms with E-state index >= 15 is 0 Å². The van der Waals surface area contributed by atoms with Crippen LogP contribution in [0.5, 0.6) is 0 Å². The van der Waals surface area contributed by atoms with Crippen LogP contribution in [0.3, 0.4) is 0 Å². The summed E-state index contributed by atoms with van der Waals surface area (Å²) in [6.45, 7) is 3.50. The molecular formula is C24H26O12. The first-order valence-corrected chi connectivity index (χ1v) is 10.9. The smallest absolute Gasteiger partial charge is 0.432 e. The highest BCUT2D eigenvalue weighted by molar-refractivity contribution is 5.91. The van der Waals surface area contributed by atoms with Crippen LogP contribution in [0.15, 0.2) is 48.5 Å². The topological polar surface area (TPSA) is 142 Å². The van der Waals surface area contributed by atoms with E-state index in [1.165, 1.54) is 12.1 Å². The minimum atomic E-state index is -1.17. The fourth-order valence-corrected chi connectivity index (χ4v) is 2.76. The van der Waals surface area contributed by atoms with E-state index in [9.17, 15) is 19.2 Å². The monoisotopic (exact) mass is 506 g/mol. The molecule has 0 N–H and O–H groups in total. The van der Waals surface area contributed by atoms with Crippen molar-refractivity contribution >= 4 is 24.2 Å². The van der Waals surface area contributed by atoms with Crippen molar-refractivity contribution in [3.8, 4) is 0 Å². The van der Waals surface area contributed by atoms with Gasteiger partial charge in [-0.2, -0.15) is 0 Å². The van der Waals surface area contributed by atoms with Gasteiger partial charge in [0.2, 0.25) is 0 Å². The van der Waals surface area contributed by atoms with Gasteiger partial charge in [-0.05, 0) is 62.8 Å². The van der Waals surface area contributed by atoms with Crippen LogP contribution in [-0.2, 0) is 39.1 Å². The molecule has 2 aromatic rings. The van der Waals surface area contributed by atoms with Crippen LogP contribution >= 0.6 is 0 Å². The average Bonchev–Trinajstić information content (AvgIpc) is 2.86. The first kappa shape index (κ1) is 28.1. The largest absolute Gasteiger partial charge is 0.543 e. The van der Waals surface area contributed by atoms with Crippen molar-refractivity contribution < 1.29 is 58.3 Å². The third-order valence-electron chi connectivity index (χ3n) is 4.63. The molecule has 2 aromatic carbocycles. The van der Waals surface area contributed by atoms with Gasteiger partial charge in [0.15, 0.2) is 0 Å². The highest BCUT2D eigenvalue weighted by Crippen LogP contribution is 2.10. The van der Waals surface area contributed by atoms with Gasteiger partial charge in [0.25, 0.3) is 0 Å². The van der Waals surface area contributed by atoms with E-state index in [4.69, 9.17) is 9.47 Å². The Balaban J connectivity index is 1.42. The van der Waals surface area contributed by atoms with E-state index in [1.54, 1.807) is 50.2 Å². The Morgan fingerprint density at radius 1 is 0.556 bits per heavy atom. The second kappa shape index (κ2) is 15.7. The molecule has 0 spiro atoms. The van der Waals surface area contributed by atoms with Gasteiger partial charge in [-0.15, -0.1) is 0 Å². The van der Waals surface area contributed by atoms with Gasteiger partial charge in [-0.3, -0.25) is 9.78 Å². The number of hydrogen-bond acceptors (Lipinski definition) is 12. The first-order chi connectivity index (χ1) is 17.4. The van der Waals surface area contributed by atoms with Crippen molar-refractivity contribution in [2.24, 2.45) is 0 Å². The first-order valence-electron chi connectivity index (χ1n) is 10.9. The van der Waals surface area contributed by atoms with Gasteiger partial charge in [-0.1, -0.05) is 36.4 Å². The second-order valence-electron chi connectivity index (χ2n) is 7.29. The molecule has 0 bridgehead atoms. The molecule has 36 heavy (non-hydrogen) atoms. The number of hydrogen-bond donors (Lipinski definition) is 0. The molecule has 0 saturated heterocycles. The van der Waals surface area contributed by atoms with E-state index in [-0.39, 0.29) is 24.3 Å². The summed E-state index contributed by atoms with van der Waals surface area (Å²) in [5.74, 6) is -1.64. The number of aryl methyl sites for hydroxylation is 2. The molecule has 0 aliphatic carbocycles. The lowest BCUT2D eigenvalue weighted by molar-refractivity contribution is -0.452. The highest BCUT2D eigenvalue weighted by Gasteiger charge is 2.15. The second-order valence-corrected chi connectivity index (χ2v) is 7.29. The lowest BCUT2D eigenvalue weighted by Gasteiger charge is -2.06. The quantitative estimate of drug-likeness (QED) is 0.158. The molecule has 0 aliphatic heterocycles. The normalized spacial score (nSPS) is 10.2. The fourth-order valence-electron chi connectivity index (χ4n) is 2.76. The lowest BCUT2D eigenvalue weighted by atomic mass is 10.1. The molecule has 0 fully saturated rings. The van der Waals surface area contributed by atoms with Crippen molar-refractivity contribution in [2.75, 3.05) is 13.2 Å². The Morgan fingerprint density at radius 2 is 0.944 bits per heavy atom. The van der Waals surface area contributed by atoms with Crippen LogP contribution in [0, 0.1) is 13.8 Å². The number of ether oxygens (including phenoxy) is 2. The molecule has 0 aliphatic rings. The molecule has 0 aromatic heterocycles. The Hall–Kier alpha value is -4.16. The molecule has 0 unspecified atom stereocenters. The molecule has 12 nitrogen and oxygen atoms in total. The van der Waals surface area contributed by atoms with Gasteiger partial charge in [0.05, 0.1) is 34.4 Å². The van der Waals surface area contributed by atoms with E-state index in [1.807, 2.05) is 0 Å². The SMILES string of the molecule is Cc1ccccc1C(=O)OOOC(=O)OCCCCCCOC(=O)OOOC(=O)c1ccccc1C. The molecule has 194 valence electrons. The summed E-state index contributed by atoms with van der Waals surface area (Å²) in [6.07, 6.45) is -0.0247. The zero-order valence-corrected chi connectivity index (χ0v) is 19.8. The summed E-state index contributed by atoms with van der Waals surface area (Å²) in [5.41, 5.74) is 1.87. The zero-order valence-electron chi connectivity index (χ0n) is 19.8. The summed E-state index contributed by atoms with van der Waals surface area (Å²) in [7, 11) is 0. The average molecular weight is 506 g/mol. The minimum absolute atomic E-state index is 0.0386. The third kappa shape index (κ3) is 10.4. The van der Waals surface area contributed by atoms with E-state index in [0.29, 0.717) is 36.8 Å². The Bertz CT molecular complexity index is 938. The zero-order chi connectivity index (χ0) is 26.2. The minimum Gasteiger partial charge on any atom is -0.432 e. The van der Waals surface area contributed by atoms with Gasteiger partial charge in [0, 0.05) is 0 Å². The fraction of sp³-hybridized carbons (Fsp3) is 0.333. The molecule has 12 heteroatoms. The van der Waals surface area contributed by atoms with Gasteiger partial charge in [-0.25, -0.2) is 29.0 Å². The van der Waals surface area contributed by atoms with E-state index in [2.05, 4.69) is 29.6 Å². The Kier molecular flexibility index (Phi) is 12.2. The maximum absolute atomic E-state index is 11.8. The summed E-state index contributed by atoms with van der Waals surface area (Å²) in [4.78, 5) is 63.5. The maximum Gasteiger partial charge on any atom is 0.543 e. The van der Waals surface area contributed by atoms with Crippen molar-refractivity contribution in [3.63, 3.8) is 0 Å². The Morgan fingerprint density at radius 3 is 1.33 bits per heavy atom. The van der Waals surface area contributed by atoms with Crippen LogP contribution in [0.1, 0.15) is 57.5 Å². The highest BCUT2D eigenvalue weighted by atomic mass is 17.5. The summed E-state index contributed by atoms with van der Waals surface area (Å²) in [6, 6.07) is 13.3. The van der Waals surface area contributed by atoms with Crippen molar-refractivity contribution in [3.05, 3.63) is 70.8 Å². The molecule has 0 saturated carbocycles. The summed E-state index contributed by atoms with van der Waals surface area (Å²) < 4.78 is 9.52. The van der Waals surface area contributed by atoms with Crippen molar-refractivity contribution in [2.45, 2.75) is 39.5 Å². The summed E-state index contributed by atoms with van der Waals surface area (Å²) >= 11 is 0. The van der Waals surface area contributed by atoms with Crippen LogP contribution in [-0.4, -0.2) is 37.5 Å². The standard InChI is InChI=1S/C24H26O12/c1-17-11-5-7-13-19(17)21(25)31-35-33-23(27)29-15-9-3-4-10-16-30-24(28)34-36-32-22(26)20-14-8-6-12-18(20)2/h5-8,11-14H,3-4,9-10,15-16H2,1-2H3. The number of unbranched alkanes of at least 4 members (excludes halogenated alkanes) is 3. The Labute approximate surface area is 206 Å². The van der Waals surface area contributed by atoms with Crippen LogP contribution in [0.25, 0.3) is 0 Å². The maximum atomic E-state index is 11.8. The van der Waals surface area contributed by atoms with Gasteiger partial charge < -0.3 is 9.47 Å². The molecule has 0 amide bonds. The van der Waals surface area contributed by atoms with Crippen LogP contribution in [0.4, 0.5) is 9.59 Å². The summed E-state index contributed by atoms with van der Waals surface area (Å²) in [5, 5.41) is 8.29. The number of carbonyl (C=O) groups excluding carboxylic acids is 4. The molecule has 0 heterocycles. The predicted octanol–water partition coefficient (Wildman–Crippen LogP) is 4.88. The molecule has 0 radical (unpaired) electrons. The lowest BCUT2D eigenvalue weighted by Crippen LogP contribution is -2.13. The molecule has 2 rings (SSSR count). The molecular weight excluding hydrogens is 480 g/mol.